The molecule has 0 aliphatic carbocycles. The minimum absolute atomic E-state index is 0.0874. The van der Waals surface area contributed by atoms with Crippen LogP contribution in [0.2, 0.25) is 5.02 Å². The van der Waals surface area contributed by atoms with Crippen molar-refractivity contribution in [2.24, 2.45) is 0 Å². The van der Waals surface area contributed by atoms with E-state index < -0.39 is 0 Å². The van der Waals surface area contributed by atoms with Crippen LogP contribution in [0.1, 0.15) is 20.9 Å². The first-order chi connectivity index (χ1) is 14.1. The number of anilines is 2. The average Bonchev–Trinajstić information content (AvgIpc) is 3.25. The van der Waals surface area contributed by atoms with E-state index in [0.717, 1.165) is 10.6 Å². The first-order valence-electron chi connectivity index (χ1n) is 9.05. The number of carbonyl (C=O) groups excluding carboxylic acids is 2. The standard InChI is InChI=1S/C20H18ClN5O2S/c21-15-3-1-13(2-4-15)12-26-16-9-14(10-24-19(16)25-11-18(26)27)20(28)23-6-5-17-22-7-8-29-17/h1-4,7-10H,5-6,11-12H2,(H,23,28)(H,24,25). The number of fused-ring (bicyclic) bond motifs is 1. The second kappa shape index (κ2) is 8.59. The molecule has 2 N–H and O–H groups in total. The van der Waals surface area contributed by atoms with Gasteiger partial charge in [-0.15, -0.1) is 11.3 Å². The second-order valence-electron chi connectivity index (χ2n) is 6.48. The average molecular weight is 428 g/mol. The molecule has 2 amide bonds. The van der Waals surface area contributed by atoms with E-state index >= 15 is 0 Å². The molecule has 0 radical (unpaired) electrons. The first kappa shape index (κ1) is 19.4. The number of hydrogen-bond donors (Lipinski definition) is 2. The smallest absolute Gasteiger partial charge is 0.252 e. The van der Waals surface area contributed by atoms with Crippen molar-refractivity contribution in [3.8, 4) is 0 Å². The molecular weight excluding hydrogens is 410 g/mol. The Bertz CT molecular complexity index is 1020. The van der Waals surface area contributed by atoms with Crippen LogP contribution in [-0.4, -0.2) is 34.9 Å². The summed E-state index contributed by atoms with van der Waals surface area (Å²) in [4.78, 5) is 35.2. The highest BCUT2D eigenvalue weighted by Crippen LogP contribution is 2.30. The predicted octanol–water partition coefficient (Wildman–Crippen LogP) is 3.12. The maximum Gasteiger partial charge on any atom is 0.252 e. The number of benzene rings is 1. The highest BCUT2D eigenvalue weighted by atomic mass is 35.5. The SMILES string of the molecule is O=C(NCCc1nccs1)c1cnc2c(c1)N(Cc1ccc(Cl)cc1)C(=O)CN2. The quantitative estimate of drug-likeness (QED) is 0.631. The lowest BCUT2D eigenvalue weighted by atomic mass is 10.1. The molecule has 2 aromatic heterocycles. The molecule has 0 spiro atoms. The molecule has 3 heterocycles. The van der Waals surface area contributed by atoms with Crippen LogP contribution < -0.4 is 15.5 Å². The van der Waals surface area contributed by atoms with Gasteiger partial charge in [-0.25, -0.2) is 9.97 Å². The maximum absolute atomic E-state index is 12.5. The number of rotatable bonds is 6. The summed E-state index contributed by atoms with van der Waals surface area (Å²) >= 11 is 7.50. The van der Waals surface area contributed by atoms with E-state index in [-0.39, 0.29) is 18.4 Å². The van der Waals surface area contributed by atoms with Gasteiger partial charge in [-0.05, 0) is 23.8 Å². The van der Waals surface area contributed by atoms with Gasteiger partial charge in [0, 0.05) is 35.8 Å². The molecule has 0 atom stereocenters. The second-order valence-corrected chi connectivity index (χ2v) is 7.90. The van der Waals surface area contributed by atoms with Crippen LogP contribution >= 0.6 is 22.9 Å². The van der Waals surface area contributed by atoms with Crippen molar-refractivity contribution < 1.29 is 9.59 Å². The molecule has 0 saturated heterocycles. The lowest BCUT2D eigenvalue weighted by Crippen LogP contribution is -2.40. The minimum Gasteiger partial charge on any atom is -0.359 e. The summed E-state index contributed by atoms with van der Waals surface area (Å²) < 4.78 is 0. The molecule has 148 valence electrons. The van der Waals surface area contributed by atoms with E-state index in [2.05, 4.69) is 20.6 Å². The topological polar surface area (TPSA) is 87.2 Å². The molecule has 1 aromatic carbocycles. The molecule has 1 aliphatic rings. The van der Waals surface area contributed by atoms with Crippen LogP contribution in [-0.2, 0) is 17.8 Å². The molecule has 9 heteroatoms. The van der Waals surface area contributed by atoms with Crippen LogP contribution in [0.5, 0.6) is 0 Å². The van der Waals surface area contributed by atoms with Crippen LogP contribution in [0.15, 0.2) is 48.1 Å². The third-order valence-electron chi connectivity index (χ3n) is 4.49. The van der Waals surface area contributed by atoms with E-state index in [1.54, 1.807) is 40.6 Å². The Hall–Kier alpha value is -2.97. The number of pyridine rings is 1. The molecule has 3 aromatic rings. The van der Waals surface area contributed by atoms with Crippen LogP contribution in [0.3, 0.4) is 0 Å². The van der Waals surface area contributed by atoms with Gasteiger partial charge in [0.1, 0.15) is 0 Å². The number of thiazole rings is 1. The van der Waals surface area contributed by atoms with Gasteiger partial charge in [-0.2, -0.15) is 0 Å². The Labute approximate surface area is 176 Å². The Morgan fingerprint density at radius 2 is 2.10 bits per heavy atom. The van der Waals surface area contributed by atoms with Crippen molar-refractivity contribution in [2.45, 2.75) is 13.0 Å². The van der Waals surface area contributed by atoms with Gasteiger partial charge < -0.3 is 15.5 Å². The normalized spacial score (nSPS) is 13.0. The van der Waals surface area contributed by atoms with Crippen molar-refractivity contribution in [3.05, 3.63) is 69.3 Å². The molecule has 0 fully saturated rings. The zero-order valence-corrected chi connectivity index (χ0v) is 17.0. The lowest BCUT2D eigenvalue weighted by Gasteiger charge is -2.29. The number of nitrogens with zero attached hydrogens (tertiary/aromatic N) is 3. The minimum atomic E-state index is -0.235. The predicted molar refractivity (Wildman–Crippen MR) is 114 cm³/mol. The van der Waals surface area contributed by atoms with E-state index in [9.17, 15) is 9.59 Å². The number of halogens is 1. The Morgan fingerprint density at radius 3 is 2.86 bits per heavy atom. The fourth-order valence-corrected chi connectivity index (χ4v) is 3.76. The monoisotopic (exact) mass is 427 g/mol. The van der Waals surface area contributed by atoms with Crippen LogP contribution in [0, 0.1) is 0 Å². The van der Waals surface area contributed by atoms with E-state index in [1.807, 2.05) is 17.5 Å². The first-order valence-corrected chi connectivity index (χ1v) is 10.3. The molecule has 1 aliphatic heterocycles. The molecule has 0 bridgehead atoms. The Kier molecular flexibility index (Phi) is 5.73. The van der Waals surface area contributed by atoms with Gasteiger partial charge in [-0.3, -0.25) is 9.59 Å². The fourth-order valence-electron chi connectivity index (χ4n) is 3.02. The summed E-state index contributed by atoms with van der Waals surface area (Å²) in [5, 5.41) is 9.39. The summed E-state index contributed by atoms with van der Waals surface area (Å²) in [6, 6.07) is 9.02. The summed E-state index contributed by atoms with van der Waals surface area (Å²) in [5.74, 6) is 0.259. The summed E-state index contributed by atoms with van der Waals surface area (Å²) in [6.07, 6.45) is 3.93. The van der Waals surface area contributed by atoms with E-state index in [4.69, 9.17) is 11.6 Å². The number of carbonyl (C=O) groups is 2. The summed E-state index contributed by atoms with van der Waals surface area (Å²) in [5.41, 5.74) is 1.93. The summed E-state index contributed by atoms with van der Waals surface area (Å²) in [7, 11) is 0. The fraction of sp³-hybridized carbons (Fsp3) is 0.200. The molecule has 29 heavy (non-hydrogen) atoms. The Morgan fingerprint density at radius 1 is 1.28 bits per heavy atom. The van der Waals surface area contributed by atoms with Gasteiger partial charge in [-0.1, -0.05) is 23.7 Å². The number of aromatic nitrogens is 2. The van der Waals surface area contributed by atoms with Crippen molar-refractivity contribution in [1.29, 1.82) is 0 Å². The van der Waals surface area contributed by atoms with Crippen LogP contribution in [0.25, 0.3) is 0 Å². The van der Waals surface area contributed by atoms with Gasteiger partial charge >= 0.3 is 0 Å². The third kappa shape index (κ3) is 4.55. The highest BCUT2D eigenvalue weighted by Gasteiger charge is 2.26. The molecule has 0 unspecified atom stereocenters. The lowest BCUT2D eigenvalue weighted by molar-refractivity contribution is -0.117. The highest BCUT2D eigenvalue weighted by molar-refractivity contribution is 7.09. The van der Waals surface area contributed by atoms with Gasteiger partial charge in [0.05, 0.1) is 29.3 Å². The Balaban J connectivity index is 1.50. The van der Waals surface area contributed by atoms with Gasteiger partial charge in [0.25, 0.3) is 5.91 Å². The van der Waals surface area contributed by atoms with Crippen molar-refractivity contribution in [3.63, 3.8) is 0 Å². The van der Waals surface area contributed by atoms with Crippen LogP contribution in [0.4, 0.5) is 11.5 Å². The number of hydrogen-bond acceptors (Lipinski definition) is 6. The maximum atomic E-state index is 12.5. The molecule has 7 nitrogen and oxygen atoms in total. The molecular formula is C20H18ClN5O2S. The zero-order chi connectivity index (χ0) is 20.2. The van der Waals surface area contributed by atoms with Crippen molar-refractivity contribution in [2.75, 3.05) is 23.3 Å². The number of amides is 2. The van der Waals surface area contributed by atoms with Gasteiger partial charge in [0.15, 0.2) is 5.82 Å². The van der Waals surface area contributed by atoms with Gasteiger partial charge in [0.2, 0.25) is 5.91 Å². The van der Waals surface area contributed by atoms with Crippen molar-refractivity contribution >= 4 is 46.3 Å². The third-order valence-corrected chi connectivity index (χ3v) is 5.58. The van der Waals surface area contributed by atoms with E-state index in [0.29, 0.717) is 41.6 Å². The zero-order valence-electron chi connectivity index (χ0n) is 15.4. The van der Waals surface area contributed by atoms with Crippen molar-refractivity contribution in [1.82, 2.24) is 15.3 Å². The summed E-state index contributed by atoms with van der Waals surface area (Å²) in [6.45, 7) is 1.02. The largest absolute Gasteiger partial charge is 0.359 e. The molecule has 0 saturated carbocycles. The molecule has 4 rings (SSSR count). The number of nitrogens with one attached hydrogen (secondary N) is 2. The van der Waals surface area contributed by atoms with E-state index in [1.165, 1.54) is 6.20 Å².